The summed E-state index contributed by atoms with van der Waals surface area (Å²) in [4.78, 5) is 5.61. The van der Waals surface area contributed by atoms with Crippen LogP contribution in [-0.2, 0) is 73.1 Å². The molecular weight excluding hydrogens is 294 g/mol. The summed E-state index contributed by atoms with van der Waals surface area (Å²) in [5, 5.41) is 0. The number of quaternary nitrogens is 1. The van der Waals surface area contributed by atoms with Crippen molar-refractivity contribution in [2.45, 2.75) is 0 Å². The molecule has 1 aromatic heterocycles. The van der Waals surface area contributed by atoms with Crippen LogP contribution < -0.4 is 11.1 Å². The van der Waals surface area contributed by atoms with Crippen LogP contribution in [0, 0.1) is 0 Å². The van der Waals surface area contributed by atoms with Crippen molar-refractivity contribution in [3.63, 3.8) is 0 Å². The Hall–Kier alpha value is -0.0451. The van der Waals surface area contributed by atoms with Crippen LogP contribution in [0.15, 0.2) is 18.7 Å². The van der Waals surface area contributed by atoms with E-state index in [0.717, 1.165) is 0 Å². The fourth-order valence-electron chi connectivity index (χ4n) is 0.241. The standard InChI is InChI=1S/C3H4N2.2Cr.H3N.7O/c1-2-5-3-4-1;;;;;;;;;;/h1-3H,(H,4,5);;;1H3;;;;;;;/q;2*+6;;7*-2/p+2. The molecule has 0 atom stereocenters. The molecule has 15 heavy (non-hydrogen) atoms. The Morgan fingerprint density at radius 2 is 1.07 bits per heavy atom. The normalized spacial score (nSPS) is 2.67. The smallest absolute Gasteiger partial charge is 2.00 e. The predicted molar refractivity (Wildman–Crippen MR) is 28.1 cm³/mol. The minimum atomic E-state index is 0. The number of aromatic nitrogens is 2. The first-order chi connectivity index (χ1) is 2.50. The van der Waals surface area contributed by atoms with E-state index in [4.69, 9.17) is 0 Å². The number of hydrogen-bond acceptors (Lipinski definition) is 0. The largest absolute Gasteiger partial charge is 6.00 e. The van der Waals surface area contributed by atoms with Gasteiger partial charge in [-0.25, -0.2) is 0 Å². The quantitative estimate of drug-likeness (QED) is 0.605. The molecule has 0 radical (unpaired) electrons. The molecule has 0 aliphatic rings. The third-order valence-corrected chi connectivity index (χ3v) is 0.442. The Kier molecular flexibility index (Phi) is 754. The SMILES string of the molecule is [Cr+6].[Cr+6].[NH4+].[O-2].[O-2].[O-2].[O-2].[O-2].[O-2].[O-2].c1c[nH+]c[nH]1. The van der Waals surface area contributed by atoms with Crippen molar-refractivity contribution in [3.05, 3.63) is 18.7 Å². The summed E-state index contributed by atoms with van der Waals surface area (Å²) < 4.78 is 0. The number of H-pyrrole nitrogens is 2. The topological polar surface area (TPSA) is 266 Å². The van der Waals surface area contributed by atoms with Gasteiger partial charge in [0.2, 0.25) is 6.33 Å². The Morgan fingerprint density at radius 1 is 0.733 bits per heavy atom. The van der Waals surface area contributed by atoms with Gasteiger partial charge >= 0.3 is 34.7 Å². The van der Waals surface area contributed by atoms with E-state index in [2.05, 4.69) is 9.97 Å². The molecule has 0 aromatic carbocycles. The van der Waals surface area contributed by atoms with Crippen LogP contribution >= 0.6 is 0 Å². The molecule has 0 fully saturated rings. The fraction of sp³-hybridized carbons (Fsp3) is 0. The zero-order valence-corrected chi connectivity index (χ0v) is 9.96. The Labute approximate surface area is 108 Å². The molecule has 0 saturated heterocycles. The molecule has 0 unspecified atom stereocenters. The fourth-order valence-corrected chi connectivity index (χ4v) is 0.241. The van der Waals surface area contributed by atoms with E-state index >= 15 is 0 Å². The van der Waals surface area contributed by atoms with Crippen LogP contribution in [0.2, 0.25) is 0 Å². The van der Waals surface area contributed by atoms with Crippen LogP contribution in [0.1, 0.15) is 0 Å². The van der Waals surface area contributed by atoms with Crippen LogP contribution in [0.5, 0.6) is 0 Å². The number of imidazole rings is 1. The first kappa shape index (κ1) is 119. The van der Waals surface area contributed by atoms with E-state index in [0.29, 0.717) is 0 Å². The van der Waals surface area contributed by atoms with Crippen molar-refractivity contribution in [3.8, 4) is 0 Å². The minimum absolute atomic E-state index is 0. The van der Waals surface area contributed by atoms with Crippen LogP contribution in [0.3, 0.4) is 0 Å². The minimum Gasteiger partial charge on any atom is -2.00 e. The van der Waals surface area contributed by atoms with Crippen molar-refractivity contribution in [2.75, 3.05) is 0 Å². The van der Waals surface area contributed by atoms with Crippen LogP contribution in [0.4, 0.5) is 0 Å². The Bertz CT molecular complexity index is 84.0. The average Bonchev–Trinajstić information content (AvgIpc) is 1.76. The molecular formula is C3H9Cr2N3O7. The van der Waals surface area contributed by atoms with Gasteiger partial charge in [-0.15, -0.1) is 0 Å². The number of hydrogen-bond donors (Lipinski definition) is 2. The van der Waals surface area contributed by atoms with E-state index in [1.54, 1.807) is 6.33 Å². The zero-order chi connectivity index (χ0) is 3.54. The summed E-state index contributed by atoms with van der Waals surface area (Å²) in [5.74, 6) is 0. The maximum Gasteiger partial charge on any atom is 6.00 e. The van der Waals surface area contributed by atoms with Gasteiger partial charge < -0.3 is 44.5 Å². The monoisotopic (exact) mass is 303 g/mol. The number of nitrogens with one attached hydrogen (secondary N) is 2. The van der Waals surface area contributed by atoms with E-state index < -0.39 is 0 Å². The number of aromatic amines is 2. The van der Waals surface area contributed by atoms with Crippen LogP contribution in [0.25, 0.3) is 0 Å². The molecule has 0 aliphatic carbocycles. The van der Waals surface area contributed by atoms with Crippen molar-refractivity contribution in [2.24, 2.45) is 0 Å². The molecule has 0 aliphatic heterocycles. The zero-order valence-electron chi connectivity index (χ0n) is 7.41. The summed E-state index contributed by atoms with van der Waals surface area (Å²) in [6, 6.07) is 0. The van der Waals surface area contributed by atoms with Gasteiger partial charge in [0.1, 0.15) is 12.4 Å². The van der Waals surface area contributed by atoms with Gasteiger partial charge in [-0.2, -0.15) is 0 Å². The maximum atomic E-state index is 2.81. The predicted octanol–water partition coefficient (Wildman–Crippen LogP) is -0.632. The van der Waals surface area contributed by atoms with Gasteiger partial charge in [-0.05, 0) is 0 Å². The molecule has 0 amide bonds. The summed E-state index contributed by atoms with van der Waals surface area (Å²) in [6.45, 7) is 0. The Balaban J connectivity index is -0.00000000312. The number of rotatable bonds is 0. The third-order valence-electron chi connectivity index (χ3n) is 0.442. The molecule has 12 heteroatoms. The van der Waals surface area contributed by atoms with E-state index in [1.807, 2.05) is 12.4 Å². The third kappa shape index (κ3) is 81.2. The molecule has 0 saturated carbocycles. The molecule has 0 bridgehead atoms. The maximum absolute atomic E-state index is 2.81. The molecule has 10 nitrogen and oxygen atoms in total. The van der Waals surface area contributed by atoms with Crippen molar-refractivity contribution in [1.29, 1.82) is 0 Å². The molecule has 1 aromatic rings. The van der Waals surface area contributed by atoms with Gasteiger partial charge in [-0.3, -0.25) is 9.97 Å². The second-order valence-electron chi connectivity index (χ2n) is 0.811. The second-order valence-corrected chi connectivity index (χ2v) is 0.811. The first-order valence-corrected chi connectivity index (χ1v) is 1.49. The van der Waals surface area contributed by atoms with Crippen molar-refractivity contribution in [1.82, 2.24) is 11.1 Å². The van der Waals surface area contributed by atoms with Crippen molar-refractivity contribution >= 4 is 0 Å². The van der Waals surface area contributed by atoms with Gasteiger partial charge in [0.15, 0.2) is 0 Å². The van der Waals surface area contributed by atoms with E-state index in [-0.39, 0.29) is 79.2 Å². The molecule has 1 rings (SSSR count). The average molecular weight is 303 g/mol. The Morgan fingerprint density at radius 3 is 1.13 bits per heavy atom. The summed E-state index contributed by atoms with van der Waals surface area (Å²) in [6.07, 6.45) is 5.39. The van der Waals surface area contributed by atoms with Gasteiger partial charge in [-0.1, -0.05) is 0 Å². The van der Waals surface area contributed by atoms with Crippen molar-refractivity contribution < 1.29 is 78.0 Å². The van der Waals surface area contributed by atoms with Gasteiger partial charge in [0.25, 0.3) is 0 Å². The summed E-state index contributed by atoms with van der Waals surface area (Å²) >= 11 is 0. The first-order valence-electron chi connectivity index (χ1n) is 1.49. The molecule has 6 N–H and O–H groups in total. The summed E-state index contributed by atoms with van der Waals surface area (Å²) in [5.41, 5.74) is 0. The molecule has 0 spiro atoms. The van der Waals surface area contributed by atoms with Gasteiger partial charge in [0, 0.05) is 0 Å². The second kappa shape index (κ2) is 95.4. The van der Waals surface area contributed by atoms with Gasteiger partial charge in [0.05, 0.1) is 0 Å². The molecule has 1 heterocycles. The van der Waals surface area contributed by atoms with E-state index in [1.165, 1.54) is 0 Å². The molecule has 90 valence electrons. The summed E-state index contributed by atoms with van der Waals surface area (Å²) in [7, 11) is 0. The van der Waals surface area contributed by atoms with E-state index in [9.17, 15) is 0 Å². The van der Waals surface area contributed by atoms with Crippen LogP contribution in [-0.4, -0.2) is 4.98 Å².